The maximum Gasteiger partial charge on any atom is 0.306 e. The Morgan fingerprint density at radius 3 is 1.16 bits per heavy atom. The normalized spacial score (nSPS) is 12.8. The first-order valence-corrected chi connectivity index (χ1v) is 25.6. The Kier molecular flexibility index (Phi) is 47.5. The molecule has 6 heteroatoms. The molecule has 354 valence electrons. The van der Waals surface area contributed by atoms with Gasteiger partial charge in [0.1, 0.15) is 13.2 Å². The quantitative estimate of drug-likeness (QED) is 0.0199. The third-order valence-corrected chi connectivity index (χ3v) is 10.7. The molecule has 0 amide bonds. The maximum atomic E-state index is 12.7. The Balaban J connectivity index is 4.51. The maximum absolute atomic E-state index is 12.7. The third kappa shape index (κ3) is 47.6. The van der Waals surface area contributed by atoms with Crippen LogP contribution in [0.25, 0.3) is 0 Å². The molecular formula is C56H94O6. The second-order valence-corrected chi connectivity index (χ2v) is 16.8. The van der Waals surface area contributed by atoms with Gasteiger partial charge in [0, 0.05) is 19.3 Å². The van der Waals surface area contributed by atoms with E-state index in [1.807, 2.05) is 6.08 Å². The Morgan fingerprint density at radius 1 is 0.339 bits per heavy atom. The van der Waals surface area contributed by atoms with Crippen molar-refractivity contribution in [2.45, 2.75) is 239 Å². The van der Waals surface area contributed by atoms with Gasteiger partial charge in [0.2, 0.25) is 0 Å². The Hall–Kier alpha value is -3.41. The number of hydrogen-bond acceptors (Lipinski definition) is 6. The summed E-state index contributed by atoms with van der Waals surface area (Å²) in [6, 6.07) is 0. The predicted octanol–water partition coefficient (Wildman–Crippen LogP) is 16.8. The molecule has 0 N–H and O–H groups in total. The average molecular weight is 863 g/mol. The van der Waals surface area contributed by atoms with E-state index in [9.17, 15) is 14.4 Å². The molecule has 0 aliphatic carbocycles. The summed E-state index contributed by atoms with van der Waals surface area (Å²) in [5.74, 6) is -1.02. The van der Waals surface area contributed by atoms with Crippen LogP contribution in [0.3, 0.4) is 0 Å². The van der Waals surface area contributed by atoms with Crippen molar-refractivity contribution < 1.29 is 28.6 Å². The average Bonchev–Trinajstić information content (AvgIpc) is 3.27. The molecule has 0 aromatic rings. The summed E-state index contributed by atoms with van der Waals surface area (Å²) in [6.45, 7) is 6.49. The Morgan fingerprint density at radius 2 is 0.677 bits per heavy atom. The van der Waals surface area contributed by atoms with Crippen molar-refractivity contribution >= 4 is 17.9 Å². The summed E-state index contributed by atoms with van der Waals surface area (Å²) < 4.78 is 16.7. The van der Waals surface area contributed by atoms with Gasteiger partial charge in [0.25, 0.3) is 0 Å². The van der Waals surface area contributed by atoms with E-state index in [1.54, 1.807) is 0 Å². The van der Waals surface area contributed by atoms with Gasteiger partial charge in [0.05, 0.1) is 0 Å². The van der Waals surface area contributed by atoms with Crippen molar-refractivity contribution in [1.82, 2.24) is 0 Å². The molecule has 0 rings (SSSR count). The van der Waals surface area contributed by atoms with Crippen molar-refractivity contribution in [3.8, 4) is 0 Å². The van der Waals surface area contributed by atoms with Crippen molar-refractivity contribution in [2.75, 3.05) is 13.2 Å². The van der Waals surface area contributed by atoms with Gasteiger partial charge in [0.15, 0.2) is 6.10 Å². The van der Waals surface area contributed by atoms with Crippen molar-refractivity contribution in [3.63, 3.8) is 0 Å². The van der Waals surface area contributed by atoms with Crippen LogP contribution >= 0.6 is 0 Å². The number of unbranched alkanes of at least 4 members (excludes halogenated alkanes) is 23. The summed E-state index contributed by atoms with van der Waals surface area (Å²) in [7, 11) is 0. The number of hydrogen-bond donors (Lipinski definition) is 0. The summed E-state index contributed by atoms with van der Waals surface area (Å²) >= 11 is 0. The van der Waals surface area contributed by atoms with Gasteiger partial charge in [-0.25, -0.2) is 0 Å². The highest BCUT2D eigenvalue weighted by Crippen LogP contribution is 2.12. The van der Waals surface area contributed by atoms with Crippen LogP contribution in [-0.2, 0) is 28.6 Å². The molecule has 1 atom stereocenters. The third-order valence-electron chi connectivity index (χ3n) is 10.7. The van der Waals surface area contributed by atoms with Gasteiger partial charge in [-0.1, -0.05) is 209 Å². The summed E-state index contributed by atoms with van der Waals surface area (Å²) in [5, 5.41) is 0. The number of esters is 3. The lowest BCUT2D eigenvalue weighted by atomic mass is 10.1. The standard InChI is InChI=1S/C56H94O6/c1-4-7-10-13-16-19-22-25-26-27-28-29-32-34-37-40-43-46-49-55(58)61-52-53(62-56(59)50-47-44-41-38-35-31-24-21-18-15-12-9-6-3)51-60-54(57)48-45-42-39-36-33-30-23-20-17-14-11-8-5-2/h16,19,22,25-31,33,35,41,44,53H,4-15,17-18,20-21,23-24,32,34,36-40,42-43,45-52H2,1-3H3/b19-16+,25-22+,27-26+,29-28+,33-30+,35-31+,44-41+. The van der Waals surface area contributed by atoms with E-state index in [0.717, 1.165) is 89.9 Å². The number of carbonyl (C=O) groups excluding carboxylic acids is 3. The van der Waals surface area contributed by atoms with Crippen LogP contribution in [0.4, 0.5) is 0 Å². The number of rotatable bonds is 45. The van der Waals surface area contributed by atoms with Gasteiger partial charge in [-0.2, -0.15) is 0 Å². The molecule has 0 heterocycles. The molecule has 0 saturated heterocycles. The van der Waals surface area contributed by atoms with Crippen LogP contribution in [0, 0.1) is 0 Å². The fourth-order valence-corrected chi connectivity index (χ4v) is 6.79. The Bertz CT molecular complexity index is 1220. The number of allylic oxidation sites excluding steroid dienone is 14. The van der Waals surface area contributed by atoms with Gasteiger partial charge >= 0.3 is 17.9 Å². The Labute approximate surface area is 382 Å². The van der Waals surface area contributed by atoms with Crippen LogP contribution in [0.15, 0.2) is 85.1 Å². The van der Waals surface area contributed by atoms with E-state index in [4.69, 9.17) is 14.2 Å². The van der Waals surface area contributed by atoms with E-state index >= 15 is 0 Å². The first-order chi connectivity index (χ1) is 30.5. The monoisotopic (exact) mass is 863 g/mol. The molecular weight excluding hydrogens is 769 g/mol. The highest BCUT2D eigenvalue weighted by molar-refractivity contribution is 5.71. The van der Waals surface area contributed by atoms with E-state index in [2.05, 4.69) is 99.8 Å². The smallest absolute Gasteiger partial charge is 0.306 e. The molecule has 0 aliphatic rings. The molecule has 62 heavy (non-hydrogen) atoms. The zero-order chi connectivity index (χ0) is 45.1. The minimum absolute atomic E-state index is 0.115. The van der Waals surface area contributed by atoms with Gasteiger partial charge in [-0.15, -0.1) is 0 Å². The summed E-state index contributed by atoms with van der Waals surface area (Å²) in [5.41, 5.74) is 0. The number of ether oxygens (including phenoxy) is 3. The number of carbonyl (C=O) groups is 3. The zero-order valence-corrected chi connectivity index (χ0v) is 40.4. The van der Waals surface area contributed by atoms with E-state index in [1.165, 1.54) is 96.3 Å². The lowest BCUT2D eigenvalue weighted by Gasteiger charge is -2.18. The van der Waals surface area contributed by atoms with Gasteiger partial charge in [-0.3, -0.25) is 14.4 Å². The van der Waals surface area contributed by atoms with Crippen LogP contribution in [0.2, 0.25) is 0 Å². The summed E-state index contributed by atoms with van der Waals surface area (Å²) in [6.07, 6.45) is 64.3. The lowest BCUT2D eigenvalue weighted by Crippen LogP contribution is -2.30. The highest BCUT2D eigenvalue weighted by atomic mass is 16.6. The molecule has 0 fully saturated rings. The molecule has 6 nitrogen and oxygen atoms in total. The first kappa shape index (κ1) is 58.6. The second kappa shape index (κ2) is 50.2. The van der Waals surface area contributed by atoms with Crippen molar-refractivity contribution in [2.24, 2.45) is 0 Å². The molecule has 1 unspecified atom stereocenters. The summed E-state index contributed by atoms with van der Waals surface area (Å²) in [4.78, 5) is 37.9. The topological polar surface area (TPSA) is 78.9 Å². The van der Waals surface area contributed by atoms with Crippen LogP contribution in [0.5, 0.6) is 0 Å². The minimum atomic E-state index is -0.822. The first-order valence-electron chi connectivity index (χ1n) is 25.6. The van der Waals surface area contributed by atoms with Crippen molar-refractivity contribution in [1.29, 1.82) is 0 Å². The minimum Gasteiger partial charge on any atom is -0.462 e. The van der Waals surface area contributed by atoms with Crippen LogP contribution in [-0.4, -0.2) is 37.2 Å². The molecule has 0 aromatic heterocycles. The molecule has 0 saturated carbocycles. The van der Waals surface area contributed by atoms with Gasteiger partial charge in [-0.05, 0) is 89.9 Å². The largest absolute Gasteiger partial charge is 0.462 e. The lowest BCUT2D eigenvalue weighted by molar-refractivity contribution is -0.166. The van der Waals surface area contributed by atoms with Gasteiger partial charge < -0.3 is 14.2 Å². The van der Waals surface area contributed by atoms with Crippen molar-refractivity contribution in [3.05, 3.63) is 85.1 Å². The fraction of sp³-hybridized carbons (Fsp3) is 0.696. The highest BCUT2D eigenvalue weighted by Gasteiger charge is 2.19. The fourth-order valence-electron chi connectivity index (χ4n) is 6.79. The molecule has 0 bridgehead atoms. The van der Waals surface area contributed by atoms with Crippen LogP contribution in [0.1, 0.15) is 233 Å². The van der Waals surface area contributed by atoms with Crippen LogP contribution < -0.4 is 0 Å². The SMILES string of the molecule is CCCCC/C=C/C=C/C=C/C=C/CCCCCCCC(=O)OCC(COC(=O)CCCCC/C=C/CCCCCCCC)OC(=O)CC/C=C/C/C=C/CCCCCCCC. The predicted molar refractivity (Wildman–Crippen MR) is 265 cm³/mol. The van der Waals surface area contributed by atoms with E-state index < -0.39 is 12.1 Å². The van der Waals surface area contributed by atoms with E-state index in [0.29, 0.717) is 19.3 Å². The molecule has 0 radical (unpaired) electrons. The molecule has 0 aliphatic heterocycles. The zero-order valence-electron chi connectivity index (χ0n) is 40.4. The molecule has 0 spiro atoms. The molecule has 0 aromatic carbocycles. The second-order valence-electron chi connectivity index (χ2n) is 16.8. The van der Waals surface area contributed by atoms with E-state index in [-0.39, 0.29) is 31.6 Å².